The minimum absolute atomic E-state index is 0.102. The third-order valence-corrected chi connectivity index (χ3v) is 5.13. The maximum Gasteiger partial charge on any atom is 0.406 e. The first kappa shape index (κ1) is 18.2. The van der Waals surface area contributed by atoms with Gasteiger partial charge in [-0.3, -0.25) is 14.5 Å². The highest BCUT2D eigenvalue weighted by Crippen LogP contribution is 2.33. The second-order valence-electron chi connectivity index (χ2n) is 5.40. The van der Waals surface area contributed by atoms with Crippen LogP contribution in [0, 0.1) is 0 Å². The Labute approximate surface area is 143 Å². The zero-order valence-corrected chi connectivity index (χ0v) is 14.7. The number of carbonyl (C=O) groups excluding carboxylic acids is 3. The largest absolute Gasteiger partial charge is 0.453 e. The van der Waals surface area contributed by atoms with Crippen molar-refractivity contribution < 1.29 is 19.1 Å². The number of carbonyl (C=O) groups is 3. The summed E-state index contributed by atoms with van der Waals surface area (Å²) in [5.41, 5.74) is 0.131. The van der Waals surface area contributed by atoms with Gasteiger partial charge in [-0.1, -0.05) is 21.6 Å². The Hall–Kier alpha value is -2.14. The van der Waals surface area contributed by atoms with Crippen LogP contribution < -0.4 is 10.6 Å². The molecule has 24 heavy (non-hydrogen) atoms. The molecule has 2 aliphatic rings. The van der Waals surface area contributed by atoms with Crippen molar-refractivity contribution in [3.63, 3.8) is 0 Å². The predicted octanol–water partition coefficient (Wildman–Crippen LogP) is 1.44. The van der Waals surface area contributed by atoms with Crippen molar-refractivity contribution in [2.75, 3.05) is 13.7 Å². The zero-order valence-electron chi connectivity index (χ0n) is 13.7. The number of hydrogen-bond donors (Lipinski definition) is 2. The van der Waals surface area contributed by atoms with Gasteiger partial charge in [-0.2, -0.15) is 0 Å². The van der Waals surface area contributed by atoms with Crippen LogP contribution in [0.1, 0.15) is 19.8 Å². The van der Waals surface area contributed by atoms with Gasteiger partial charge in [-0.25, -0.2) is 4.79 Å². The second-order valence-corrected chi connectivity index (χ2v) is 6.60. The first-order valence-corrected chi connectivity index (χ1v) is 8.98. The molecule has 0 spiro atoms. The molecule has 0 aliphatic carbocycles. The summed E-state index contributed by atoms with van der Waals surface area (Å²) in [4.78, 5) is 37.5. The summed E-state index contributed by atoms with van der Waals surface area (Å²) in [5, 5.41) is 5.49. The number of amides is 3. The Morgan fingerprint density at radius 1 is 1.42 bits per heavy atom. The molecule has 130 valence electrons. The van der Waals surface area contributed by atoms with Crippen LogP contribution in [0.4, 0.5) is 4.79 Å². The van der Waals surface area contributed by atoms with Crippen molar-refractivity contribution in [3.8, 4) is 0 Å². The standard InChI is InChI=1S/C16H22N3O4P/c1-3-11(7-8-17-16(22)23-2)18-14(20)13-15(21)19-9-5-4-6-12(19)10-24-13/h4-6,9-11,13,24H,3,7-8H2,1-2H3,(H,17,22)(H,18,20). The third kappa shape index (κ3) is 4.45. The van der Waals surface area contributed by atoms with Crippen LogP contribution in [0.25, 0.3) is 0 Å². The number of rotatable bonds is 6. The summed E-state index contributed by atoms with van der Waals surface area (Å²) in [6.07, 6.45) is 7.96. The lowest BCUT2D eigenvalue weighted by atomic mass is 10.1. The van der Waals surface area contributed by atoms with Crippen LogP contribution >= 0.6 is 8.58 Å². The summed E-state index contributed by atoms with van der Waals surface area (Å²) in [6.45, 7) is 2.35. The third-order valence-electron chi connectivity index (χ3n) is 3.82. The Kier molecular flexibility index (Phi) is 6.55. The first-order chi connectivity index (χ1) is 11.6. The summed E-state index contributed by atoms with van der Waals surface area (Å²) < 4.78 is 4.50. The van der Waals surface area contributed by atoms with E-state index < -0.39 is 11.8 Å². The number of nitrogens with one attached hydrogen (secondary N) is 2. The monoisotopic (exact) mass is 351 g/mol. The minimum atomic E-state index is -0.687. The van der Waals surface area contributed by atoms with Crippen molar-refractivity contribution in [1.82, 2.24) is 15.5 Å². The van der Waals surface area contributed by atoms with E-state index in [0.717, 1.165) is 5.70 Å². The lowest BCUT2D eigenvalue weighted by Crippen LogP contribution is -2.48. The molecule has 3 amide bonds. The van der Waals surface area contributed by atoms with Crippen LogP contribution in [0.3, 0.4) is 0 Å². The molecule has 7 nitrogen and oxygen atoms in total. The van der Waals surface area contributed by atoms with E-state index in [4.69, 9.17) is 0 Å². The van der Waals surface area contributed by atoms with Crippen LogP contribution in [0.2, 0.25) is 0 Å². The SMILES string of the molecule is CCC(CCNC(=O)OC)NC(=O)C1PC=C2C=CC=CN2C1=O. The van der Waals surface area contributed by atoms with Gasteiger partial charge >= 0.3 is 6.09 Å². The molecule has 0 aromatic rings. The number of allylic oxidation sites excluding steroid dienone is 3. The van der Waals surface area contributed by atoms with Gasteiger partial charge in [0, 0.05) is 24.5 Å². The summed E-state index contributed by atoms with van der Waals surface area (Å²) in [7, 11) is 1.42. The topological polar surface area (TPSA) is 87.7 Å². The number of fused-ring (bicyclic) bond motifs is 1. The Morgan fingerprint density at radius 3 is 2.92 bits per heavy atom. The quantitative estimate of drug-likeness (QED) is 0.560. The van der Waals surface area contributed by atoms with Crippen molar-refractivity contribution in [2.24, 2.45) is 0 Å². The van der Waals surface area contributed by atoms with Gasteiger partial charge in [0.15, 0.2) is 0 Å². The van der Waals surface area contributed by atoms with Crippen LogP contribution in [-0.4, -0.2) is 48.2 Å². The molecule has 0 radical (unpaired) electrons. The molecular weight excluding hydrogens is 329 g/mol. The summed E-state index contributed by atoms with van der Waals surface area (Å²) in [5.74, 6) is 1.46. The Bertz CT molecular complexity index is 600. The van der Waals surface area contributed by atoms with Crippen LogP contribution in [0.5, 0.6) is 0 Å². The number of hydrogen-bond acceptors (Lipinski definition) is 4. The fourth-order valence-corrected chi connectivity index (χ4v) is 3.51. The van der Waals surface area contributed by atoms with Crippen LogP contribution in [0.15, 0.2) is 35.9 Å². The molecule has 2 aliphatic heterocycles. The van der Waals surface area contributed by atoms with E-state index in [1.54, 1.807) is 12.3 Å². The van der Waals surface area contributed by atoms with Crippen molar-refractivity contribution in [3.05, 3.63) is 35.9 Å². The maximum atomic E-state index is 12.5. The Balaban J connectivity index is 1.90. The molecular formula is C16H22N3O4P. The maximum absolute atomic E-state index is 12.5. The lowest BCUT2D eigenvalue weighted by molar-refractivity contribution is -0.132. The van der Waals surface area contributed by atoms with Gasteiger partial charge < -0.3 is 15.4 Å². The van der Waals surface area contributed by atoms with Gasteiger partial charge in [0.1, 0.15) is 5.66 Å². The van der Waals surface area contributed by atoms with E-state index in [1.807, 2.05) is 24.9 Å². The lowest BCUT2D eigenvalue weighted by Gasteiger charge is -2.30. The minimum Gasteiger partial charge on any atom is -0.453 e. The predicted molar refractivity (Wildman–Crippen MR) is 92.6 cm³/mol. The number of alkyl carbamates (subject to hydrolysis) is 1. The van der Waals surface area contributed by atoms with E-state index in [9.17, 15) is 14.4 Å². The highest BCUT2D eigenvalue weighted by molar-refractivity contribution is 7.45. The second kappa shape index (κ2) is 8.64. The highest BCUT2D eigenvalue weighted by atomic mass is 31.1. The zero-order chi connectivity index (χ0) is 17.5. The number of nitrogens with zero attached hydrogens (tertiary/aromatic N) is 1. The molecule has 2 N–H and O–H groups in total. The van der Waals surface area contributed by atoms with E-state index in [0.29, 0.717) is 19.4 Å². The number of ether oxygens (including phenoxy) is 1. The molecule has 0 aromatic carbocycles. The van der Waals surface area contributed by atoms with E-state index >= 15 is 0 Å². The molecule has 8 heteroatoms. The molecule has 0 fully saturated rings. The Morgan fingerprint density at radius 2 is 2.21 bits per heavy atom. The van der Waals surface area contributed by atoms with E-state index in [-0.39, 0.29) is 26.4 Å². The molecule has 0 saturated heterocycles. The van der Waals surface area contributed by atoms with E-state index in [2.05, 4.69) is 15.4 Å². The van der Waals surface area contributed by atoms with Gasteiger partial charge in [-0.05, 0) is 30.8 Å². The fraction of sp³-hybridized carbons (Fsp3) is 0.438. The molecule has 2 heterocycles. The van der Waals surface area contributed by atoms with Crippen molar-refractivity contribution >= 4 is 26.5 Å². The average Bonchev–Trinajstić information content (AvgIpc) is 2.60. The average molecular weight is 351 g/mol. The van der Waals surface area contributed by atoms with Gasteiger partial charge in [-0.15, -0.1) is 0 Å². The first-order valence-electron chi connectivity index (χ1n) is 7.83. The fourth-order valence-electron chi connectivity index (χ4n) is 2.43. The summed E-state index contributed by atoms with van der Waals surface area (Å²) >= 11 is 0. The molecule has 3 atom stereocenters. The molecule has 0 bridgehead atoms. The van der Waals surface area contributed by atoms with Crippen molar-refractivity contribution in [1.29, 1.82) is 0 Å². The molecule has 0 saturated carbocycles. The highest BCUT2D eigenvalue weighted by Gasteiger charge is 2.34. The van der Waals surface area contributed by atoms with Gasteiger partial charge in [0.05, 0.1) is 7.11 Å². The van der Waals surface area contributed by atoms with E-state index in [1.165, 1.54) is 12.0 Å². The normalized spacial score (nSPS) is 21.1. The summed E-state index contributed by atoms with van der Waals surface area (Å²) in [6, 6.07) is -0.102. The van der Waals surface area contributed by atoms with Crippen LogP contribution in [-0.2, 0) is 14.3 Å². The smallest absolute Gasteiger partial charge is 0.406 e. The molecule has 0 aromatic heterocycles. The van der Waals surface area contributed by atoms with Gasteiger partial charge in [0.2, 0.25) is 11.8 Å². The molecule has 3 unspecified atom stereocenters. The van der Waals surface area contributed by atoms with Crippen molar-refractivity contribution in [2.45, 2.75) is 31.5 Å². The molecule has 2 rings (SSSR count). The number of methoxy groups -OCH3 is 1. The van der Waals surface area contributed by atoms with Gasteiger partial charge in [0.25, 0.3) is 0 Å².